The number of nitrogens with zero attached hydrogens (tertiary/aromatic N) is 1. The Bertz CT molecular complexity index is 573. The van der Waals surface area contributed by atoms with Crippen LogP contribution in [-0.4, -0.2) is 11.3 Å². The number of nitrogens with two attached hydrogens (primary N) is 1. The number of rotatable bonds is 3. The van der Waals surface area contributed by atoms with E-state index in [-0.39, 0.29) is 0 Å². The second kappa shape index (κ2) is 5.08. The number of hydrogen-bond donors (Lipinski definition) is 1. The number of anilines is 1. The molecule has 1 unspecified atom stereocenters. The number of nitrogen functional groups attached to an aromatic ring is 1. The molecule has 1 heterocycles. The average Bonchev–Trinajstić information content (AvgIpc) is 2.38. The van der Waals surface area contributed by atoms with E-state index in [1.54, 1.807) is 42.6 Å². The lowest BCUT2D eigenvalue weighted by molar-refractivity contribution is -0.109. The van der Waals surface area contributed by atoms with Crippen LogP contribution in [0.15, 0.2) is 42.6 Å². The Morgan fingerprint density at radius 1 is 1.22 bits per heavy atom. The monoisotopic (exact) mass is 324 g/mol. The second-order valence-corrected chi connectivity index (χ2v) is 5.49. The van der Waals surface area contributed by atoms with Gasteiger partial charge in [-0.05, 0) is 35.4 Å². The van der Waals surface area contributed by atoms with Gasteiger partial charge in [-0.25, -0.2) is 4.98 Å². The molecule has 1 aromatic carbocycles. The molecule has 5 heteroatoms. The summed E-state index contributed by atoms with van der Waals surface area (Å²) >= 11 is 9.31. The Kier molecular flexibility index (Phi) is 3.68. The van der Waals surface area contributed by atoms with Crippen LogP contribution in [0.4, 0.5) is 5.82 Å². The van der Waals surface area contributed by atoms with Gasteiger partial charge in [0.05, 0.1) is 0 Å². The number of halogens is 2. The number of pyridine rings is 1. The van der Waals surface area contributed by atoms with Crippen LogP contribution in [0.5, 0.6) is 0 Å². The Balaban J connectivity index is 2.54. The van der Waals surface area contributed by atoms with Crippen LogP contribution < -0.4 is 5.73 Å². The van der Waals surface area contributed by atoms with E-state index in [0.717, 1.165) is 17.4 Å². The van der Waals surface area contributed by atoms with Gasteiger partial charge < -0.3 is 10.5 Å². The standard InChI is InChI=1S/C13H10BrClN2O/c14-13(8-18,9-1-3-11(15)4-2-9)10-5-6-17-12(16)7-10/h1-8H,(H2,16,17). The van der Waals surface area contributed by atoms with E-state index < -0.39 is 4.32 Å². The van der Waals surface area contributed by atoms with E-state index in [0.29, 0.717) is 10.8 Å². The SMILES string of the molecule is Nc1cc(C(Br)(C=O)c2ccc(Cl)cc2)ccn1. The highest BCUT2D eigenvalue weighted by Gasteiger charge is 2.31. The van der Waals surface area contributed by atoms with Crippen molar-refractivity contribution in [2.24, 2.45) is 0 Å². The summed E-state index contributed by atoms with van der Waals surface area (Å²) in [6.45, 7) is 0. The Labute approximate surface area is 118 Å². The molecule has 0 fully saturated rings. The third-order valence-electron chi connectivity index (χ3n) is 2.63. The first kappa shape index (κ1) is 13.1. The second-order valence-electron chi connectivity index (χ2n) is 3.81. The summed E-state index contributed by atoms with van der Waals surface area (Å²) in [4.78, 5) is 15.4. The summed E-state index contributed by atoms with van der Waals surface area (Å²) in [5.74, 6) is 0.368. The summed E-state index contributed by atoms with van der Waals surface area (Å²) in [7, 11) is 0. The van der Waals surface area contributed by atoms with Gasteiger partial charge in [-0.3, -0.25) is 0 Å². The minimum absolute atomic E-state index is 0.368. The minimum Gasteiger partial charge on any atom is -0.384 e. The molecular formula is C13H10BrClN2O. The van der Waals surface area contributed by atoms with Crippen molar-refractivity contribution in [2.45, 2.75) is 4.32 Å². The number of carbonyl (C=O) groups excluding carboxylic acids is 1. The number of aldehydes is 1. The lowest BCUT2D eigenvalue weighted by Gasteiger charge is -2.22. The number of alkyl halides is 1. The number of hydrogen-bond acceptors (Lipinski definition) is 3. The zero-order chi connectivity index (χ0) is 13.2. The van der Waals surface area contributed by atoms with Gasteiger partial charge in [-0.2, -0.15) is 0 Å². The van der Waals surface area contributed by atoms with Crippen LogP contribution in [0.1, 0.15) is 11.1 Å². The number of carbonyl (C=O) groups is 1. The van der Waals surface area contributed by atoms with Crippen LogP contribution in [0.2, 0.25) is 5.02 Å². The van der Waals surface area contributed by atoms with Gasteiger partial charge in [0.1, 0.15) is 16.4 Å². The number of aromatic nitrogens is 1. The molecule has 2 N–H and O–H groups in total. The predicted octanol–water partition coefficient (Wildman–Crippen LogP) is 3.15. The van der Waals surface area contributed by atoms with Crippen molar-refractivity contribution >= 4 is 39.6 Å². The smallest absolute Gasteiger partial charge is 0.145 e. The van der Waals surface area contributed by atoms with E-state index >= 15 is 0 Å². The largest absolute Gasteiger partial charge is 0.384 e. The maximum atomic E-state index is 11.5. The molecule has 0 amide bonds. The van der Waals surface area contributed by atoms with Crippen LogP contribution in [0, 0.1) is 0 Å². The average molecular weight is 326 g/mol. The van der Waals surface area contributed by atoms with E-state index in [2.05, 4.69) is 20.9 Å². The van der Waals surface area contributed by atoms with E-state index in [9.17, 15) is 4.79 Å². The van der Waals surface area contributed by atoms with Crippen molar-refractivity contribution in [1.29, 1.82) is 0 Å². The van der Waals surface area contributed by atoms with E-state index in [4.69, 9.17) is 17.3 Å². The van der Waals surface area contributed by atoms with Gasteiger partial charge in [-0.1, -0.05) is 39.7 Å². The van der Waals surface area contributed by atoms with Crippen LogP contribution >= 0.6 is 27.5 Å². The van der Waals surface area contributed by atoms with E-state index in [1.165, 1.54) is 0 Å². The fourth-order valence-electron chi connectivity index (χ4n) is 1.67. The zero-order valence-electron chi connectivity index (χ0n) is 9.31. The molecule has 0 bridgehead atoms. The predicted molar refractivity (Wildman–Crippen MR) is 75.9 cm³/mol. The molecular weight excluding hydrogens is 316 g/mol. The molecule has 92 valence electrons. The molecule has 2 rings (SSSR count). The van der Waals surface area contributed by atoms with Crippen LogP contribution in [-0.2, 0) is 9.12 Å². The lowest BCUT2D eigenvalue weighted by Crippen LogP contribution is -2.21. The van der Waals surface area contributed by atoms with Gasteiger partial charge in [-0.15, -0.1) is 0 Å². The molecule has 2 aromatic rings. The van der Waals surface area contributed by atoms with E-state index in [1.807, 2.05) is 0 Å². The molecule has 0 saturated heterocycles. The molecule has 0 aliphatic carbocycles. The maximum Gasteiger partial charge on any atom is 0.145 e. The Morgan fingerprint density at radius 3 is 2.44 bits per heavy atom. The van der Waals surface area contributed by atoms with Crippen molar-refractivity contribution in [1.82, 2.24) is 4.98 Å². The normalized spacial score (nSPS) is 13.9. The molecule has 1 aromatic heterocycles. The molecule has 0 aliphatic rings. The lowest BCUT2D eigenvalue weighted by atomic mass is 9.93. The van der Waals surface area contributed by atoms with Crippen LogP contribution in [0.3, 0.4) is 0 Å². The Hall–Kier alpha value is -1.39. The fourth-order valence-corrected chi connectivity index (χ4v) is 2.31. The molecule has 1 atom stereocenters. The van der Waals surface area contributed by atoms with Crippen molar-refractivity contribution in [2.75, 3.05) is 5.73 Å². The summed E-state index contributed by atoms with van der Waals surface area (Å²) in [6, 6.07) is 10.5. The van der Waals surface area contributed by atoms with Gasteiger partial charge in [0.25, 0.3) is 0 Å². The highest BCUT2D eigenvalue weighted by atomic mass is 79.9. The van der Waals surface area contributed by atoms with Gasteiger partial charge >= 0.3 is 0 Å². The first-order valence-corrected chi connectivity index (χ1v) is 6.36. The topological polar surface area (TPSA) is 56.0 Å². The maximum absolute atomic E-state index is 11.5. The van der Waals surface area contributed by atoms with Crippen molar-refractivity contribution in [3.8, 4) is 0 Å². The molecule has 0 saturated carbocycles. The highest BCUT2D eigenvalue weighted by Crippen LogP contribution is 2.37. The zero-order valence-corrected chi connectivity index (χ0v) is 11.6. The first-order valence-electron chi connectivity index (χ1n) is 5.19. The Morgan fingerprint density at radius 2 is 1.89 bits per heavy atom. The van der Waals surface area contributed by atoms with Crippen molar-refractivity contribution < 1.29 is 4.79 Å². The molecule has 18 heavy (non-hydrogen) atoms. The first-order chi connectivity index (χ1) is 8.56. The van der Waals surface area contributed by atoms with Gasteiger partial charge in [0.2, 0.25) is 0 Å². The fraction of sp³-hybridized carbons (Fsp3) is 0.0769. The molecule has 0 spiro atoms. The summed E-state index contributed by atoms with van der Waals surface area (Å²) in [5.41, 5.74) is 7.16. The summed E-state index contributed by atoms with van der Waals surface area (Å²) in [5, 5.41) is 0.619. The molecule has 0 aliphatic heterocycles. The van der Waals surface area contributed by atoms with Gasteiger partial charge in [0.15, 0.2) is 0 Å². The highest BCUT2D eigenvalue weighted by molar-refractivity contribution is 9.10. The third kappa shape index (κ3) is 2.40. The van der Waals surface area contributed by atoms with Crippen molar-refractivity contribution in [3.05, 3.63) is 58.7 Å². The third-order valence-corrected chi connectivity index (χ3v) is 3.98. The quantitative estimate of drug-likeness (QED) is 0.696. The summed E-state index contributed by atoms with van der Waals surface area (Å²) < 4.78 is -0.936. The summed E-state index contributed by atoms with van der Waals surface area (Å²) in [6.07, 6.45) is 2.39. The molecule has 0 radical (unpaired) electrons. The molecule has 3 nitrogen and oxygen atoms in total. The minimum atomic E-state index is -0.936. The number of benzene rings is 1. The van der Waals surface area contributed by atoms with Crippen molar-refractivity contribution in [3.63, 3.8) is 0 Å². The van der Waals surface area contributed by atoms with Crippen LogP contribution in [0.25, 0.3) is 0 Å². The van der Waals surface area contributed by atoms with Gasteiger partial charge in [0, 0.05) is 11.2 Å².